The molecule has 0 bridgehead atoms. The van der Waals surface area contributed by atoms with Crippen LogP contribution in [-0.4, -0.2) is 25.8 Å². The molecule has 0 aliphatic rings. The third-order valence-corrected chi connectivity index (χ3v) is 2.95. The zero-order chi connectivity index (χ0) is 12.3. The zero-order valence-electron chi connectivity index (χ0n) is 9.04. The van der Waals surface area contributed by atoms with Gasteiger partial charge in [-0.25, -0.2) is 13.6 Å². The summed E-state index contributed by atoms with van der Waals surface area (Å²) in [6.45, 7) is 0.0389. The van der Waals surface area contributed by atoms with Gasteiger partial charge in [-0.2, -0.15) is 0 Å². The van der Waals surface area contributed by atoms with E-state index in [0.29, 0.717) is 5.75 Å². The van der Waals surface area contributed by atoms with E-state index in [1.807, 2.05) is 18.2 Å². The second-order valence-corrected chi connectivity index (χ2v) is 5.31. The van der Waals surface area contributed by atoms with Crippen LogP contribution < -0.4 is 9.88 Å². The maximum atomic E-state index is 10.7. The summed E-state index contributed by atoms with van der Waals surface area (Å²) in [6.07, 6.45) is 1.69. The fraction of sp³-hybridized carbons (Fsp3) is 0.182. The van der Waals surface area contributed by atoms with Crippen LogP contribution in [0.15, 0.2) is 36.5 Å². The number of pyridine rings is 1. The van der Waals surface area contributed by atoms with Gasteiger partial charge in [-0.3, -0.25) is 4.98 Å². The van der Waals surface area contributed by atoms with Crippen LogP contribution in [0.5, 0.6) is 5.75 Å². The Morgan fingerprint density at radius 3 is 2.88 bits per heavy atom. The summed E-state index contributed by atoms with van der Waals surface area (Å²) in [5, 5.41) is 5.88. The van der Waals surface area contributed by atoms with Crippen molar-refractivity contribution in [3.63, 3.8) is 0 Å². The molecule has 2 rings (SSSR count). The summed E-state index contributed by atoms with van der Waals surface area (Å²) in [5.41, 5.74) is 0.806. The topological polar surface area (TPSA) is 82.3 Å². The van der Waals surface area contributed by atoms with Gasteiger partial charge in [-0.1, -0.05) is 6.07 Å². The number of fused-ring (bicyclic) bond motifs is 1. The molecule has 0 unspecified atom stereocenters. The first-order valence-electron chi connectivity index (χ1n) is 5.03. The second kappa shape index (κ2) is 4.68. The van der Waals surface area contributed by atoms with Crippen molar-refractivity contribution in [2.24, 2.45) is 5.14 Å². The third kappa shape index (κ3) is 3.40. The van der Waals surface area contributed by atoms with Gasteiger partial charge in [0, 0.05) is 17.6 Å². The van der Waals surface area contributed by atoms with Crippen LogP contribution in [-0.2, 0) is 10.0 Å². The molecule has 0 aliphatic carbocycles. The lowest BCUT2D eigenvalue weighted by Gasteiger charge is -2.05. The van der Waals surface area contributed by atoms with E-state index in [2.05, 4.69) is 4.98 Å². The number of hydrogen-bond acceptors (Lipinski definition) is 4. The van der Waals surface area contributed by atoms with Crippen LogP contribution in [0.1, 0.15) is 0 Å². The van der Waals surface area contributed by atoms with Crippen LogP contribution in [0.4, 0.5) is 0 Å². The SMILES string of the molecule is NS(=O)(=O)CCOc1ccc2cccnc2c1. The number of rotatable bonds is 4. The van der Waals surface area contributed by atoms with Gasteiger partial charge in [0.25, 0.3) is 0 Å². The second-order valence-electron chi connectivity index (χ2n) is 3.57. The summed E-state index contributed by atoms with van der Waals surface area (Å²) in [7, 11) is -3.48. The minimum absolute atomic E-state index is 0.0389. The predicted octanol–water partition coefficient (Wildman–Crippen LogP) is 0.902. The minimum Gasteiger partial charge on any atom is -0.492 e. The monoisotopic (exact) mass is 252 g/mol. The molecule has 5 nitrogen and oxygen atoms in total. The Labute approximate surface area is 99.3 Å². The number of benzene rings is 1. The number of sulfonamides is 1. The van der Waals surface area contributed by atoms with Crippen molar-refractivity contribution < 1.29 is 13.2 Å². The Morgan fingerprint density at radius 1 is 1.29 bits per heavy atom. The van der Waals surface area contributed by atoms with Crippen molar-refractivity contribution in [2.45, 2.75) is 0 Å². The summed E-state index contributed by atoms with van der Waals surface area (Å²) in [4.78, 5) is 4.18. The molecule has 0 fully saturated rings. The molecule has 90 valence electrons. The molecule has 0 saturated carbocycles. The van der Waals surface area contributed by atoms with Crippen LogP contribution >= 0.6 is 0 Å². The molecule has 6 heteroatoms. The van der Waals surface area contributed by atoms with Crippen LogP contribution in [0.3, 0.4) is 0 Å². The smallest absolute Gasteiger partial charge is 0.212 e. The van der Waals surface area contributed by atoms with Crippen molar-refractivity contribution in [3.05, 3.63) is 36.5 Å². The Balaban J connectivity index is 2.09. The fourth-order valence-corrected chi connectivity index (χ4v) is 1.73. The average molecular weight is 252 g/mol. The highest BCUT2D eigenvalue weighted by Crippen LogP contribution is 2.18. The molecule has 1 aromatic heterocycles. The summed E-state index contributed by atoms with van der Waals surface area (Å²) < 4.78 is 26.7. The van der Waals surface area contributed by atoms with Crippen molar-refractivity contribution in [1.29, 1.82) is 0 Å². The summed E-state index contributed by atoms with van der Waals surface area (Å²) in [6, 6.07) is 9.19. The maximum Gasteiger partial charge on any atom is 0.212 e. The highest BCUT2D eigenvalue weighted by atomic mass is 32.2. The van der Waals surface area contributed by atoms with Crippen molar-refractivity contribution in [3.8, 4) is 5.75 Å². The van der Waals surface area contributed by atoms with Crippen molar-refractivity contribution >= 4 is 20.9 Å². The molecule has 0 amide bonds. The van der Waals surface area contributed by atoms with E-state index in [4.69, 9.17) is 9.88 Å². The molecule has 1 aromatic carbocycles. The molecule has 17 heavy (non-hydrogen) atoms. The maximum absolute atomic E-state index is 10.7. The normalized spacial score (nSPS) is 11.6. The molecular weight excluding hydrogens is 240 g/mol. The molecule has 2 N–H and O–H groups in total. The quantitative estimate of drug-likeness (QED) is 0.876. The molecule has 2 aromatic rings. The highest BCUT2D eigenvalue weighted by Gasteiger charge is 2.03. The predicted molar refractivity (Wildman–Crippen MR) is 65.2 cm³/mol. The van der Waals surface area contributed by atoms with E-state index in [1.165, 1.54) is 0 Å². The number of ether oxygens (including phenoxy) is 1. The van der Waals surface area contributed by atoms with Gasteiger partial charge in [-0.15, -0.1) is 0 Å². The van der Waals surface area contributed by atoms with Gasteiger partial charge in [0.1, 0.15) is 12.4 Å². The number of nitrogens with zero attached hydrogens (tertiary/aromatic N) is 1. The van der Waals surface area contributed by atoms with Gasteiger partial charge in [0.15, 0.2) is 0 Å². The van der Waals surface area contributed by atoms with Crippen LogP contribution in [0, 0.1) is 0 Å². The van der Waals surface area contributed by atoms with Gasteiger partial charge < -0.3 is 4.74 Å². The van der Waals surface area contributed by atoms with Gasteiger partial charge in [0.05, 0.1) is 11.3 Å². The van der Waals surface area contributed by atoms with Gasteiger partial charge in [-0.05, 0) is 18.2 Å². The third-order valence-electron chi connectivity index (χ3n) is 2.21. The number of primary sulfonamides is 1. The van der Waals surface area contributed by atoms with E-state index >= 15 is 0 Å². The lowest BCUT2D eigenvalue weighted by atomic mass is 10.2. The Kier molecular flexibility index (Phi) is 3.26. The van der Waals surface area contributed by atoms with E-state index in [-0.39, 0.29) is 12.4 Å². The lowest BCUT2D eigenvalue weighted by molar-refractivity contribution is 0.341. The minimum atomic E-state index is -3.48. The summed E-state index contributed by atoms with van der Waals surface area (Å²) >= 11 is 0. The standard InChI is InChI=1S/C11H12N2O3S/c12-17(14,15)7-6-16-10-4-3-9-2-1-5-13-11(9)8-10/h1-5,8H,6-7H2,(H2,12,14,15). The highest BCUT2D eigenvalue weighted by molar-refractivity contribution is 7.89. The van der Waals surface area contributed by atoms with E-state index in [1.54, 1.807) is 18.3 Å². The van der Waals surface area contributed by atoms with Gasteiger partial charge >= 0.3 is 0 Å². The van der Waals surface area contributed by atoms with Crippen LogP contribution in [0.25, 0.3) is 10.9 Å². The van der Waals surface area contributed by atoms with Gasteiger partial charge in [0.2, 0.25) is 10.0 Å². The van der Waals surface area contributed by atoms with E-state index in [9.17, 15) is 8.42 Å². The van der Waals surface area contributed by atoms with E-state index < -0.39 is 10.0 Å². The largest absolute Gasteiger partial charge is 0.492 e. The molecule has 0 atom stereocenters. The Bertz CT molecular complexity index is 625. The number of aromatic nitrogens is 1. The first kappa shape index (κ1) is 11.8. The molecule has 1 heterocycles. The fourth-order valence-electron chi connectivity index (χ4n) is 1.41. The first-order chi connectivity index (χ1) is 8.04. The molecule has 0 radical (unpaired) electrons. The lowest BCUT2D eigenvalue weighted by Crippen LogP contribution is -2.21. The van der Waals surface area contributed by atoms with Crippen molar-refractivity contribution in [2.75, 3.05) is 12.4 Å². The molecule has 0 saturated heterocycles. The van der Waals surface area contributed by atoms with Crippen LogP contribution in [0.2, 0.25) is 0 Å². The number of nitrogens with two attached hydrogens (primary N) is 1. The van der Waals surface area contributed by atoms with Crippen molar-refractivity contribution in [1.82, 2.24) is 4.98 Å². The molecule has 0 aliphatic heterocycles. The molecular formula is C11H12N2O3S. The number of hydrogen-bond donors (Lipinski definition) is 1. The first-order valence-corrected chi connectivity index (χ1v) is 6.74. The zero-order valence-corrected chi connectivity index (χ0v) is 9.85. The van der Waals surface area contributed by atoms with E-state index in [0.717, 1.165) is 10.9 Å². The Hall–Kier alpha value is -1.66. The summed E-state index contributed by atoms with van der Waals surface area (Å²) in [5.74, 6) is 0.382. The average Bonchev–Trinajstić information content (AvgIpc) is 2.27. The molecule has 0 spiro atoms. The Morgan fingerprint density at radius 2 is 2.12 bits per heavy atom.